The molecule has 0 bridgehead atoms. The van der Waals surface area contributed by atoms with Crippen LogP contribution < -0.4 is 33.8 Å². The number of nitrogens with one attached hydrogen (secondary N) is 3. The van der Waals surface area contributed by atoms with Crippen LogP contribution >= 0.6 is 0 Å². The van der Waals surface area contributed by atoms with Gasteiger partial charge in [-0.25, -0.2) is 17.5 Å². The van der Waals surface area contributed by atoms with Crippen molar-refractivity contribution in [3.05, 3.63) is 0 Å². The van der Waals surface area contributed by atoms with Gasteiger partial charge in [-0.3, -0.25) is 30.7 Å². The summed E-state index contributed by atoms with van der Waals surface area (Å²) in [7, 11) is 0. The Hall–Kier alpha value is -1.71. The fourth-order valence-corrected chi connectivity index (χ4v) is 1.28. The van der Waals surface area contributed by atoms with E-state index in [9.17, 15) is 14.4 Å². The Balaban J connectivity index is 4.19. The summed E-state index contributed by atoms with van der Waals surface area (Å²) in [6.07, 6.45) is 0.672. The summed E-state index contributed by atoms with van der Waals surface area (Å²) in [6.45, 7) is 0. The average molecular weight is 246 g/mol. The van der Waals surface area contributed by atoms with Gasteiger partial charge in [0.15, 0.2) is 0 Å². The van der Waals surface area contributed by atoms with Gasteiger partial charge in [0.2, 0.25) is 17.7 Å². The molecule has 0 aliphatic rings. The van der Waals surface area contributed by atoms with Gasteiger partial charge in [0.25, 0.3) is 0 Å². The molecule has 0 saturated carbocycles. The number of hydrogen-bond donors (Lipinski definition) is 6. The Kier molecular flexibility index (Phi) is 7.59. The molecule has 9 nitrogen and oxygen atoms in total. The van der Waals surface area contributed by atoms with Gasteiger partial charge >= 0.3 is 0 Å². The molecule has 0 aliphatic carbocycles. The van der Waals surface area contributed by atoms with Crippen LogP contribution in [0, 0.1) is 5.92 Å². The van der Waals surface area contributed by atoms with E-state index in [0.29, 0.717) is 0 Å². The highest BCUT2D eigenvalue weighted by Crippen LogP contribution is 2.13. The maximum atomic E-state index is 11.4. The molecule has 0 rings (SSSR count). The minimum atomic E-state index is -0.533. The molecular formula is C8H18N6O3. The van der Waals surface area contributed by atoms with Crippen molar-refractivity contribution in [3.8, 4) is 0 Å². The molecule has 0 fully saturated rings. The lowest BCUT2D eigenvalue weighted by atomic mass is 9.96. The maximum absolute atomic E-state index is 11.4. The maximum Gasteiger partial charge on any atom is 0.237 e. The topological polar surface area (TPSA) is 165 Å². The number of hydrazine groups is 3. The van der Waals surface area contributed by atoms with Crippen molar-refractivity contribution < 1.29 is 14.4 Å². The highest BCUT2D eigenvalue weighted by molar-refractivity contribution is 5.81. The first kappa shape index (κ1) is 15.3. The molecule has 0 aromatic rings. The summed E-state index contributed by atoms with van der Waals surface area (Å²) in [5.74, 6) is 13.1. The van der Waals surface area contributed by atoms with Crippen LogP contribution in [0.1, 0.15) is 25.7 Å². The Labute approximate surface area is 98.4 Å². The summed E-state index contributed by atoms with van der Waals surface area (Å²) < 4.78 is 0. The molecule has 3 amide bonds. The third-order valence-electron chi connectivity index (χ3n) is 2.27. The van der Waals surface area contributed by atoms with E-state index >= 15 is 0 Å². The zero-order valence-corrected chi connectivity index (χ0v) is 9.36. The number of rotatable bonds is 7. The van der Waals surface area contributed by atoms with Crippen LogP contribution in [0.3, 0.4) is 0 Å². The summed E-state index contributed by atoms with van der Waals surface area (Å²) in [4.78, 5) is 33.2. The standard InChI is InChI=1S/C8H18N6O3/c9-12-6(15)3-1-5(8(17)14-11)2-4-7(16)13-10/h5H,1-4,9-11H2,(H,12,15)(H,13,16)(H,14,17). The molecule has 9 N–H and O–H groups in total. The van der Waals surface area contributed by atoms with E-state index < -0.39 is 11.8 Å². The number of carbonyl (C=O) groups excluding carboxylic acids is 3. The van der Waals surface area contributed by atoms with Crippen molar-refractivity contribution in [2.24, 2.45) is 23.4 Å². The van der Waals surface area contributed by atoms with Crippen molar-refractivity contribution >= 4 is 17.7 Å². The summed E-state index contributed by atoms with van der Waals surface area (Å²) in [6, 6.07) is 0. The largest absolute Gasteiger partial charge is 0.294 e. The molecule has 9 heteroatoms. The number of amides is 3. The fourth-order valence-electron chi connectivity index (χ4n) is 1.28. The van der Waals surface area contributed by atoms with Gasteiger partial charge in [-0.15, -0.1) is 0 Å². The lowest BCUT2D eigenvalue weighted by molar-refractivity contribution is -0.126. The van der Waals surface area contributed by atoms with Gasteiger partial charge in [0, 0.05) is 18.8 Å². The van der Waals surface area contributed by atoms with E-state index in [1.54, 1.807) is 0 Å². The Morgan fingerprint density at radius 1 is 0.824 bits per heavy atom. The molecule has 0 atom stereocenters. The molecule has 0 aromatic carbocycles. The fraction of sp³-hybridized carbons (Fsp3) is 0.625. The molecule has 17 heavy (non-hydrogen) atoms. The third kappa shape index (κ3) is 6.45. The predicted octanol–water partition coefficient (Wildman–Crippen LogP) is -2.87. The molecular weight excluding hydrogens is 228 g/mol. The molecule has 0 aliphatic heterocycles. The van der Waals surface area contributed by atoms with Gasteiger partial charge in [-0.05, 0) is 12.8 Å². The second kappa shape index (κ2) is 8.44. The van der Waals surface area contributed by atoms with Gasteiger partial charge in [0.05, 0.1) is 0 Å². The van der Waals surface area contributed by atoms with E-state index in [0.717, 1.165) is 0 Å². The molecule has 0 radical (unpaired) electrons. The highest BCUT2D eigenvalue weighted by atomic mass is 16.2. The summed E-state index contributed by atoms with van der Waals surface area (Å²) in [5.41, 5.74) is 5.89. The van der Waals surface area contributed by atoms with Crippen LogP contribution in [0.5, 0.6) is 0 Å². The number of carbonyl (C=O) groups is 3. The molecule has 0 saturated heterocycles. The Morgan fingerprint density at radius 2 is 1.24 bits per heavy atom. The zero-order chi connectivity index (χ0) is 13.3. The Bertz CT molecular complexity index is 262. The highest BCUT2D eigenvalue weighted by Gasteiger charge is 2.19. The quantitative estimate of drug-likeness (QED) is 0.160. The SMILES string of the molecule is NNC(=O)CCC(CCC(=O)NN)C(=O)NN. The van der Waals surface area contributed by atoms with Gasteiger partial charge in [-0.2, -0.15) is 0 Å². The minimum Gasteiger partial charge on any atom is -0.294 e. The second-order valence-corrected chi connectivity index (χ2v) is 3.42. The molecule has 0 unspecified atom stereocenters. The second-order valence-electron chi connectivity index (χ2n) is 3.42. The van der Waals surface area contributed by atoms with Crippen molar-refractivity contribution in [1.82, 2.24) is 16.3 Å². The number of hydrogen-bond acceptors (Lipinski definition) is 6. The molecule has 0 aromatic heterocycles. The first-order valence-corrected chi connectivity index (χ1v) is 5.04. The van der Waals surface area contributed by atoms with Crippen LogP contribution in [0.25, 0.3) is 0 Å². The van der Waals surface area contributed by atoms with Crippen molar-refractivity contribution in [2.45, 2.75) is 25.7 Å². The predicted molar refractivity (Wildman–Crippen MR) is 58.9 cm³/mol. The molecule has 98 valence electrons. The smallest absolute Gasteiger partial charge is 0.237 e. The van der Waals surface area contributed by atoms with E-state index in [-0.39, 0.29) is 37.5 Å². The summed E-state index contributed by atoms with van der Waals surface area (Å²) in [5, 5.41) is 0. The van der Waals surface area contributed by atoms with E-state index in [2.05, 4.69) is 0 Å². The van der Waals surface area contributed by atoms with Crippen molar-refractivity contribution in [3.63, 3.8) is 0 Å². The van der Waals surface area contributed by atoms with E-state index in [1.165, 1.54) is 0 Å². The molecule has 0 spiro atoms. The van der Waals surface area contributed by atoms with Crippen LogP contribution in [-0.4, -0.2) is 17.7 Å². The van der Waals surface area contributed by atoms with Gasteiger partial charge in [0.1, 0.15) is 0 Å². The van der Waals surface area contributed by atoms with Crippen LogP contribution in [-0.2, 0) is 14.4 Å². The van der Waals surface area contributed by atoms with Crippen LogP contribution in [0.2, 0.25) is 0 Å². The lowest BCUT2D eigenvalue weighted by Gasteiger charge is -2.13. The van der Waals surface area contributed by atoms with Gasteiger partial charge < -0.3 is 0 Å². The van der Waals surface area contributed by atoms with Crippen molar-refractivity contribution in [1.29, 1.82) is 0 Å². The number of nitrogens with two attached hydrogens (primary N) is 3. The first-order chi connectivity index (χ1) is 8.04. The van der Waals surface area contributed by atoms with Gasteiger partial charge in [-0.1, -0.05) is 0 Å². The van der Waals surface area contributed by atoms with Crippen LogP contribution in [0.4, 0.5) is 0 Å². The normalized spacial score (nSPS) is 9.88. The first-order valence-electron chi connectivity index (χ1n) is 5.04. The van der Waals surface area contributed by atoms with Crippen LogP contribution in [0.15, 0.2) is 0 Å². The summed E-state index contributed by atoms with van der Waals surface area (Å²) >= 11 is 0. The van der Waals surface area contributed by atoms with E-state index in [4.69, 9.17) is 17.5 Å². The minimum absolute atomic E-state index is 0.0822. The third-order valence-corrected chi connectivity index (χ3v) is 2.27. The monoisotopic (exact) mass is 246 g/mol. The average Bonchev–Trinajstić information content (AvgIpc) is 2.36. The van der Waals surface area contributed by atoms with E-state index in [1.807, 2.05) is 16.3 Å². The molecule has 0 heterocycles. The Morgan fingerprint density at radius 3 is 1.53 bits per heavy atom. The zero-order valence-electron chi connectivity index (χ0n) is 9.36. The lowest BCUT2D eigenvalue weighted by Crippen LogP contribution is -2.38. The van der Waals surface area contributed by atoms with Crippen molar-refractivity contribution in [2.75, 3.05) is 0 Å².